The van der Waals surface area contributed by atoms with E-state index in [1.54, 1.807) is 0 Å². The Balaban J connectivity index is 1.46. The van der Waals surface area contributed by atoms with Gasteiger partial charge < -0.3 is 4.90 Å². The van der Waals surface area contributed by atoms with Gasteiger partial charge in [0.25, 0.3) is 0 Å². The third-order valence-electron chi connectivity index (χ3n) is 5.74. The maximum Gasteiger partial charge on any atom is 0.226 e. The Morgan fingerprint density at radius 3 is 2.79 bits per heavy atom. The second-order valence-corrected chi connectivity index (χ2v) is 8.48. The van der Waals surface area contributed by atoms with E-state index in [0.29, 0.717) is 11.9 Å². The lowest BCUT2D eigenvalue weighted by molar-refractivity contribution is -0.133. The third-order valence-corrected chi connectivity index (χ3v) is 6.86. The lowest BCUT2D eigenvalue weighted by Crippen LogP contribution is -2.39. The Bertz CT molecular complexity index is 734. The predicted molar refractivity (Wildman–Crippen MR) is 103 cm³/mol. The van der Waals surface area contributed by atoms with Gasteiger partial charge in [-0.25, -0.2) is 0 Å². The molecule has 4 rings (SSSR count). The highest BCUT2D eigenvalue weighted by molar-refractivity contribution is 7.19. The summed E-state index contributed by atoms with van der Waals surface area (Å²) in [5, 5.41) is 1.31. The monoisotopic (exact) mass is 338 g/mol. The molecule has 1 unspecified atom stereocenters. The van der Waals surface area contributed by atoms with Crippen LogP contribution in [0.1, 0.15) is 43.4 Å². The van der Waals surface area contributed by atoms with E-state index in [-0.39, 0.29) is 5.92 Å². The molecule has 1 aromatic carbocycles. The maximum absolute atomic E-state index is 12.9. The summed E-state index contributed by atoms with van der Waals surface area (Å²) in [6.45, 7) is 3.06. The van der Waals surface area contributed by atoms with Crippen molar-refractivity contribution in [2.75, 3.05) is 6.54 Å². The van der Waals surface area contributed by atoms with Gasteiger partial charge in [-0.2, -0.15) is 0 Å². The molecule has 1 atom stereocenters. The number of thiophene rings is 1. The van der Waals surface area contributed by atoms with Crippen LogP contribution < -0.4 is 5.46 Å². The first kappa shape index (κ1) is 16.2. The van der Waals surface area contributed by atoms with Gasteiger partial charge in [0, 0.05) is 28.1 Å². The average molecular weight is 338 g/mol. The molecule has 4 heteroatoms. The number of fused-ring (bicyclic) bond motifs is 1. The predicted octanol–water partition coefficient (Wildman–Crippen LogP) is 4.00. The van der Waals surface area contributed by atoms with Gasteiger partial charge in [-0.15, -0.1) is 11.3 Å². The summed E-state index contributed by atoms with van der Waals surface area (Å²) < 4.78 is 1.34. The molecule has 1 saturated carbocycles. The number of carbonyl (C=O) groups is 1. The zero-order valence-electron chi connectivity index (χ0n) is 14.5. The normalized spacial score (nSPS) is 22.5. The van der Waals surface area contributed by atoms with Gasteiger partial charge in [-0.1, -0.05) is 49.7 Å². The molecule has 125 valence electrons. The number of hydrogen-bond acceptors (Lipinski definition) is 2. The van der Waals surface area contributed by atoms with E-state index in [1.165, 1.54) is 52.5 Å². The number of carbonyl (C=O) groups excluding carboxylic acids is 1. The zero-order valence-corrected chi connectivity index (χ0v) is 15.3. The lowest BCUT2D eigenvalue weighted by atomic mass is 9.73. The highest BCUT2D eigenvalue weighted by atomic mass is 32.1. The molecule has 0 N–H and O–H groups in total. The maximum atomic E-state index is 12.9. The minimum absolute atomic E-state index is 0.206. The van der Waals surface area contributed by atoms with Gasteiger partial charge in [0.2, 0.25) is 5.91 Å². The van der Waals surface area contributed by atoms with Crippen LogP contribution in [0.5, 0.6) is 0 Å². The highest BCUT2D eigenvalue weighted by Gasteiger charge is 2.36. The van der Waals surface area contributed by atoms with Crippen LogP contribution in [0.3, 0.4) is 0 Å². The van der Waals surface area contributed by atoms with Gasteiger partial charge in [0.15, 0.2) is 0 Å². The molecule has 0 spiro atoms. The van der Waals surface area contributed by atoms with Crippen LogP contribution in [-0.2, 0) is 11.2 Å². The van der Waals surface area contributed by atoms with E-state index in [9.17, 15) is 4.79 Å². The van der Waals surface area contributed by atoms with E-state index in [0.717, 1.165) is 19.4 Å². The Kier molecular flexibility index (Phi) is 4.67. The third kappa shape index (κ3) is 3.13. The largest absolute Gasteiger partial charge is 0.339 e. The molecule has 2 nitrogen and oxygen atoms in total. The molecule has 1 aromatic heterocycles. The smallest absolute Gasteiger partial charge is 0.226 e. The van der Waals surface area contributed by atoms with Crippen LogP contribution in [0.15, 0.2) is 24.3 Å². The van der Waals surface area contributed by atoms with Crippen molar-refractivity contribution < 1.29 is 4.79 Å². The highest BCUT2D eigenvalue weighted by Crippen LogP contribution is 2.33. The molecule has 1 aliphatic heterocycles. The van der Waals surface area contributed by atoms with Crippen LogP contribution in [0, 0.1) is 5.92 Å². The molecule has 1 aliphatic carbocycles. The SMILES string of the molecule is C[B]c1ccc2cc(CC3CCN(C4CCCCC4)C3=O)sc2c1. The van der Waals surface area contributed by atoms with Crippen molar-refractivity contribution in [3.8, 4) is 0 Å². The van der Waals surface area contributed by atoms with E-state index >= 15 is 0 Å². The molecule has 1 saturated heterocycles. The topological polar surface area (TPSA) is 20.3 Å². The molecule has 2 aliphatic rings. The standard InChI is InChI=1S/C20H25BNOS/c1-21-16-8-7-14-11-18(24-19(14)13-16)12-15-9-10-22(20(15)23)17-5-3-2-4-6-17/h7-8,11,13,15,17H,2-6,9-10,12H2,1H3. The van der Waals surface area contributed by atoms with Crippen molar-refractivity contribution in [3.63, 3.8) is 0 Å². The number of amides is 1. The van der Waals surface area contributed by atoms with Crippen LogP contribution in [0.4, 0.5) is 0 Å². The summed E-state index contributed by atoms with van der Waals surface area (Å²) in [6.07, 6.45) is 8.35. The van der Waals surface area contributed by atoms with Gasteiger partial charge in [-0.05, 0) is 37.1 Å². The summed E-state index contributed by atoms with van der Waals surface area (Å²) in [5.74, 6) is 0.624. The van der Waals surface area contributed by atoms with Gasteiger partial charge in [0.1, 0.15) is 7.28 Å². The van der Waals surface area contributed by atoms with Crippen molar-refractivity contribution in [2.45, 2.75) is 57.8 Å². The second-order valence-electron chi connectivity index (χ2n) is 7.31. The number of likely N-dealkylation sites (tertiary alicyclic amines) is 1. The van der Waals surface area contributed by atoms with Gasteiger partial charge in [0.05, 0.1) is 0 Å². The Morgan fingerprint density at radius 1 is 1.17 bits per heavy atom. The molecule has 24 heavy (non-hydrogen) atoms. The van der Waals surface area contributed by atoms with Crippen molar-refractivity contribution >= 4 is 40.1 Å². The minimum atomic E-state index is 0.206. The van der Waals surface area contributed by atoms with Crippen LogP contribution in [0.2, 0.25) is 6.82 Å². The van der Waals surface area contributed by atoms with Crippen molar-refractivity contribution in [1.29, 1.82) is 0 Å². The summed E-state index contributed by atoms with van der Waals surface area (Å²) in [5.41, 5.74) is 1.27. The van der Waals surface area contributed by atoms with E-state index < -0.39 is 0 Å². The first-order chi connectivity index (χ1) is 11.7. The first-order valence-electron chi connectivity index (χ1n) is 9.37. The fraction of sp³-hybridized carbons (Fsp3) is 0.550. The number of nitrogens with zero attached hydrogens (tertiary/aromatic N) is 1. The zero-order chi connectivity index (χ0) is 16.5. The Morgan fingerprint density at radius 2 is 2.00 bits per heavy atom. The van der Waals surface area contributed by atoms with E-state index in [2.05, 4.69) is 43.3 Å². The van der Waals surface area contributed by atoms with E-state index in [4.69, 9.17) is 0 Å². The summed E-state index contributed by atoms with van der Waals surface area (Å²) in [6, 6.07) is 9.45. The molecule has 0 bridgehead atoms. The lowest BCUT2D eigenvalue weighted by Gasteiger charge is -2.31. The quantitative estimate of drug-likeness (QED) is 0.772. The van der Waals surface area contributed by atoms with Crippen molar-refractivity contribution in [2.24, 2.45) is 5.92 Å². The molecular weight excluding hydrogens is 313 g/mol. The van der Waals surface area contributed by atoms with Crippen molar-refractivity contribution in [1.82, 2.24) is 4.90 Å². The fourth-order valence-corrected chi connectivity index (χ4v) is 5.53. The van der Waals surface area contributed by atoms with Crippen LogP contribution in [-0.4, -0.2) is 30.7 Å². The van der Waals surface area contributed by atoms with Gasteiger partial charge >= 0.3 is 0 Å². The first-order valence-corrected chi connectivity index (χ1v) is 10.2. The van der Waals surface area contributed by atoms with Crippen LogP contribution in [0.25, 0.3) is 10.1 Å². The summed E-state index contributed by atoms with van der Waals surface area (Å²) in [4.78, 5) is 16.4. The summed E-state index contributed by atoms with van der Waals surface area (Å²) >= 11 is 1.86. The Labute approximate surface area is 149 Å². The van der Waals surface area contributed by atoms with Gasteiger partial charge in [-0.3, -0.25) is 4.79 Å². The fourth-order valence-electron chi connectivity index (χ4n) is 4.33. The number of rotatable bonds is 4. The Hall–Kier alpha value is -1.29. The summed E-state index contributed by atoms with van der Waals surface area (Å²) in [7, 11) is 2.14. The molecule has 2 fully saturated rings. The molecule has 1 radical (unpaired) electrons. The minimum Gasteiger partial charge on any atom is -0.339 e. The average Bonchev–Trinajstić information content (AvgIpc) is 3.18. The van der Waals surface area contributed by atoms with E-state index in [1.807, 2.05) is 11.3 Å². The number of hydrogen-bond donors (Lipinski definition) is 0. The van der Waals surface area contributed by atoms with Crippen LogP contribution >= 0.6 is 11.3 Å². The van der Waals surface area contributed by atoms with Crippen molar-refractivity contribution in [3.05, 3.63) is 29.1 Å². The molecule has 2 aromatic rings. The number of benzene rings is 1. The molecule has 2 heterocycles. The second kappa shape index (κ2) is 6.91. The molecule has 1 amide bonds. The molecular formula is C20H25BNOS.